The number of pyridine rings is 1. The predicted molar refractivity (Wildman–Crippen MR) is 106 cm³/mol. The number of aromatic nitrogens is 1. The number of hydrogen-bond donors (Lipinski definition) is 2. The number of benzene rings is 1. The quantitative estimate of drug-likeness (QED) is 0.545. The summed E-state index contributed by atoms with van der Waals surface area (Å²) in [5.74, 6) is -1.79. The molecule has 2 heterocycles. The number of carbonyl (C=O) groups excluding carboxylic acids is 2. The maximum atomic E-state index is 12.7. The van der Waals surface area contributed by atoms with Gasteiger partial charge in [0.05, 0.1) is 4.91 Å². The third-order valence-electron chi connectivity index (χ3n) is 3.51. The third-order valence-corrected chi connectivity index (χ3v) is 4.81. The summed E-state index contributed by atoms with van der Waals surface area (Å²) < 4.78 is 5.40. The molecule has 1 saturated heterocycles. The van der Waals surface area contributed by atoms with E-state index < -0.39 is 24.4 Å². The first-order valence-electron chi connectivity index (χ1n) is 7.88. The summed E-state index contributed by atoms with van der Waals surface area (Å²) in [6, 6.07) is 9.72. The topological polar surface area (TPSA) is 109 Å². The largest absolute Gasteiger partial charge is 0.481 e. The second-order valence-electron chi connectivity index (χ2n) is 5.41. The zero-order chi connectivity index (χ0) is 20.1. The van der Waals surface area contributed by atoms with Gasteiger partial charge in [-0.15, -0.1) is 0 Å². The number of nitrogens with one attached hydrogen (secondary N) is 1. The molecule has 1 aliphatic heterocycles. The highest BCUT2D eigenvalue weighted by Crippen LogP contribution is 2.33. The van der Waals surface area contributed by atoms with Gasteiger partial charge in [-0.25, -0.2) is 4.79 Å². The number of hydrogen-bond acceptors (Lipinski definition) is 7. The van der Waals surface area contributed by atoms with Crippen LogP contribution in [0, 0.1) is 0 Å². The van der Waals surface area contributed by atoms with Crippen LogP contribution in [0.4, 0.5) is 0 Å². The van der Waals surface area contributed by atoms with Gasteiger partial charge < -0.3 is 9.84 Å². The number of carboxylic acids is 1. The Labute approximate surface area is 169 Å². The number of thiocarbonyl (C=S) groups is 1. The molecule has 2 aromatic rings. The van der Waals surface area contributed by atoms with Crippen LogP contribution >= 0.6 is 24.0 Å². The molecule has 0 aliphatic carbocycles. The highest BCUT2D eigenvalue weighted by atomic mass is 32.2. The van der Waals surface area contributed by atoms with E-state index >= 15 is 0 Å². The van der Waals surface area contributed by atoms with Crippen LogP contribution in [0.15, 0.2) is 53.7 Å². The van der Waals surface area contributed by atoms with Crippen molar-refractivity contribution < 1.29 is 24.2 Å². The van der Waals surface area contributed by atoms with E-state index in [1.54, 1.807) is 24.3 Å². The second-order valence-corrected chi connectivity index (χ2v) is 7.09. The number of nitrogens with zero attached hydrogens (tertiary/aromatic N) is 2. The Morgan fingerprint density at radius 1 is 1.25 bits per heavy atom. The number of hydrazine groups is 1. The van der Waals surface area contributed by atoms with Crippen molar-refractivity contribution in [2.75, 3.05) is 6.61 Å². The molecule has 1 fully saturated rings. The maximum Gasteiger partial charge on any atom is 0.341 e. The standard InChI is InChI=1S/C18H13N3O5S2/c22-15(23)10-26-13-4-2-1-3-12(13)9-14-17(25)21(18(27)28-14)20-16(24)11-5-7-19-8-6-11/h1-9H,10H2,(H,20,24)(H,22,23). The normalized spacial score (nSPS) is 15.0. The Hall–Kier alpha value is -3.24. The van der Waals surface area contributed by atoms with E-state index in [1.807, 2.05) is 0 Å². The lowest BCUT2D eigenvalue weighted by Gasteiger charge is -2.15. The van der Waals surface area contributed by atoms with Crippen LogP contribution < -0.4 is 10.2 Å². The molecule has 10 heteroatoms. The van der Waals surface area contributed by atoms with Crippen molar-refractivity contribution in [2.45, 2.75) is 0 Å². The van der Waals surface area contributed by atoms with E-state index in [-0.39, 0.29) is 9.23 Å². The van der Waals surface area contributed by atoms with E-state index in [2.05, 4.69) is 10.4 Å². The first-order valence-corrected chi connectivity index (χ1v) is 9.11. The second kappa shape index (κ2) is 8.63. The van der Waals surface area contributed by atoms with Gasteiger partial charge >= 0.3 is 5.97 Å². The first kappa shape index (κ1) is 19.5. The van der Waals surface area contributed by atoms with Gasteiger partial charge in [-0.3, -0.25) is 20.0 Å². The lowest BCUT2D eigenvalue weighted by molar-refractivity contribution is -0.139. The number of para-hydroxylation sites is 1. The van der Waals surface area contributed by atoms with E-state index in [4.69, 9.17) is 22.1 Å². The van der Waals surface area contributed by atoms with Crippen molar-refractivity contribution in [3.8, 4) is 5.75 Å². The van der Waals surface area contributed by atoms with Crippen molar-refractivity contribution in [1.82, 2.24) is 15.4 Å². The molecule has 2 N–H and O–H groups in total. The Morgan fingerprint density at radius 2 is 1.96 bits per heavy atom. The highest BCUT2D eigenvalue weighted by molar-refractivity contribution is 8.26. The summed E-state index contributed by atoms with van der Waals surface area (Å²) in [5, 5.41) is 9.77. The number of carboxylic acid groups (broad SMARTS) is 1. The molecular weight excluding hydrogens is 402 g/mol. The van der Waals surface area contributed by atoms with Crippen molar-refractivity contribution in [3.63, 3.8) is 0 Å². The van der Waals surface area contributed by atoms with Crippen LogP contribution in [0.2, 0.25) is 0 Å². The SMILES string of the molecule is O=C(O)COc1ccccc1C=C1SC(=S)N(NC(=O)c2ccncc2)C1=O. The van der Waals surface area contributed by atoms with Crippen LogP contribution in [0.1, 0.15) is 15.9 Å². The molecule has 0 unspecified atom stereocenters. The van der Waals surface area contributed by atoms with E-state index in [0.717, 1.165) is 16.8 Å². The van der Waals surface area contributed by atoms with Gasteiger partial charge in [0.1, 0.15) is 5.75 Å². The van der Waals surface area contributed by atoms with E-state index in [0.29, 0.717) is 16.9 Å². The average Bonchev–Trinajstić information content (AvgIpc) is 2.95. The summed E-state index contributed by atoms with van der Waals surface area (Å²) in [6.45, 7) is -0.506. The molecule has 0 radical (unpaired) electrons. The molecule has 8 nitrogen and oxygen atoms in total. The molecule has 0 spiro atoms. The smallest absolute Gasteiger partial charge is 0.341 e. The van der Waals surface area contributed by atoms with E-state index in [9.17, 15) is 14.4 Å². The fourth-order valence-electron chi connectivity index (χ4n) is 2.25. The van der Waals surface area contributed by atoms with Gasteiger partial charge in [-0.2, -0.15) is 5.01 Å². The molecule has 0 atom stereocenters. The number of thioether (sulfide) groups is 1. The van der Waals surface area contributed by atoms with Crippen molar-refractivity contribution in [3.05, 3.63) is 64.8 Å². The zero-order valence-electron chi connectivity index (χ0n) is 14.2. The molecule has 0 bridgehead atoms. The monoisotopic (exact) mass is 415 g/mol. The van der Waals surface area contributed by atoms with Gasteiger partial charge in [0, 0.05) is 23.5 Å². The summed E-state index contributed by atoms with van der Waals surface area (Å²) >= 11 is 6.21. The van der Waals surface area contributed by atoms with Crippen molar-refractivity contribution >= 4 is 52.2 Å². The summed E-state index contributed by atoms with van der Waals surface area (Å²) in [5.41, 5.74) is 3.32. The summed E-state index contributed by atoms with van der Waals surface area (Å²) in [4.78, 5) is 39.7. The summed E-state index contributed by atoms with van der Waals surface area (Å²) in [7, 11) is 0. The van der Waals surface area contributed by atoms with Crippen LogP contribution in [-0.4, -0.2) is 43.8 Å². The molecule has 1 aromatic carbocycles. The lowest BCUT2D eigenvalue weighted by atomic mass is 10.2. The van der Waals surface area contributed by atoms with Gasteiger partial charge in [0.15, 0.2) is 10.9 Å². The van der Waals surface area contributed by atoms with Crippen LogP contribution in [0.5, 0.6) is 5.75 Å². The van der Waals surface area contributed by atoms with Gasteiger partial charge in [0.25, 0.3) is 11.8 Å². The number of amides is 2. The Bertz CT molecular complexity index is 978. The predicted octanol–water partition coefficient (Wildman–Crippen LogP) is 2.09. The van der Waals surface area contributed by atoms with Gasteiger partial charge in [0.2, 0.25) is 0 Å². The molecule has 2 amide bonds. The highest BCUT2D eigenvalue weighted by Gasteiger charge is 2.34. The van der Waals surface area contributed by atoms with Crippen molar-refractivity contribution in [1.29, 1.82) is 0 Å². The Morgan fingerprint density at radius 3 is 2.68 bits per heavy atom. The van der Waals surface area contributed by atoms with Crippen LogP contribution in [0.25, 0.3) is 6.08 Å². The molecule has 1 aromatic heterocycles. The number of ether oxygens (including phenoxy) is 1. The minimum Gasteiger partial charge on any atom is -0.481 e. The Kier molecular flexibility index (Phi) is 6.02. The third kappa shape index (κ3) is 4.53. The fourth-order valence-corrected chi connectivity index (χ4v) is 3.42. The average molecular weight is 415 g/mol. The fraction of sp³-hybridized carbons (Fsp3) is 0.0556. The molecule has 142 valence electrons. The molecule has 3 rings (SSSR count). The number of aliphatic carboxylic acids is 1. The van der Waals surface area contributed by atoms with Gasteiger partial charge in [-0.1, -0.05) is 30.0 Å². The van der Waals surface area contributed by atoms with Crippen LogP contribution in [0.3, 0.4) is 0 Å². The molecule has 28 heavy (non-hydrogen) atoms. The minimum atomic E-state index is -1.11. The molecule has 1 aliphatic rings. The lowest BCUT2D eigenvalue weighted by Crippen LogP contribution is -2.44. The zero-order valence-corrected chi connectivity index (χ0v) is 15.8. The minimum absolute atomic E-state index is 0.169. The van der Waals surface area contributed by atoms with E-state index in [1.165, 1.54) is 30.6 Å². The molecule has 0 saturated carbocycles. The maximum absolute atomic E-state index is 12.7. The molecular formula is C18H13N3O5S2. The van der Waals surface area contributed by atoms with Crippen LogP contribution in [-0.2, 0) is 9.59 Å². The summed E-state index contributed by atoms with van der Waals surface area (Å²) in [6.07, 6.45) is 4.47. The Balaban J connectivity index is 1.78. The number of carbonyl (C=O) groups is 3. The first-order chi connectivity index (χ1) is 13.5. The number of rotatable bonds is 6. The van der Waals surface area contributed by atoms with Crippen molar-refractivity contribution in [2.24, 2.45) is 0 Å². The van der Waals surface area contributed by atoms with Gasteiger partial charge in [-0.05, 0) is 36.5 Å².